The van der Waals surface area contributed by atoms with Crippen molar-refractivity contribution in [1.82, 2.24) is 10.2 Å². The summed E-state index contributed by atoms with van der Waals surface area (Å²) >= 11 is 0. The molecule has 5 nitrogen and oxygen atoms in total. The maximum Gasteiger partial charge on any atom is 0.226 e. The predicted molar refractivity (Wildman–Crippen MR) is 96.1 cm³/mol. The normalized spacial score (nSPS) is 22.4. The van der Waals surface area contributed by atoms with Gasteiger partial charge >= 0.3 is 0 Å². The Hall–Kier alpha value is -2.30. The highest BCUT2D eigenvalue weighted by Crippen LogP contribution is 2.46. The number of nitrogens with one attached hydrogen (secondary N) is 1. The summed E-state index contributed by atoms with van der Waals surface area (Å²) < 4.78 is 5.21. The zero-order valence-corrected chi connectivity index (χ0v) is 15.0. The standard InChI is InChI=1S/C20H26N2O3/c1-22-17-7-4-11-20(17,12-10-19(22)24)14-21-18(23)9-8-15-5-3-6-16(13-15)25-2/h3,5-7,13H,4,8-12,14H2,1-2H3,(H,21,23). The van der Waals surface area contributed by atoms with Gasteiger partial charge in [-0.3, -0.25) is 9.59 Å². The number of hydrogen-bond acceptors (Lipinski definition) is 3. The van der Waals surface area contributed by atoms with Crippen molar-refractivity contribution in [3.63, 3.8) is 0 Å². The lowest BCUT2D eigenvalue weighted by Crippen LogP contribution is -2.46. The van der Waals surface area contributed by atoms with Crippen molar-refractivity contribution in [3.05, 3.63) is 41.6 Å². The first-order valence-electron chi connectivity index (χ1n) is 8.91. The Morgan fingerprint density at radius 2 is 2.20 bits per heavy atom. The van der Waals surface area contributed by atoms with Gasteiger partial charge < -0.3 is 15.0 Å². The van der Waals surface area contributed by atoms with Crippen LogP contribution in [0.4, 0.5) is 0 Å². The number of nitrogens with zero attached hydrogens (tertiary/aromatic N) is 1. The highest BCUT2D eigenvalue weighted by Gasteiger charge is 2.44. The molecule has 0 spiro atoms. The SMILES string of the molecule is COc1cccc(CCC(=O)NCC23CCC=C2N(C)C(=O)CC3)c1. The number of rotatable bonds is 6. The highest BCUT2D eigenvalue weighted by molar-refractivity contribution is 5.80. The van der Waals surface area contributed by atoms with Crippen molar-refractivity contribution in [2.45, 2.75) is 38.5 Å². The van der Waals surface area contributed by atoms with E-state index in [-0.39, 0.29) is 17.2 Å². The summed E-state index contributed by atoms with van der Waals surface area (Å²) in [6.45, 7) is 0.618. The average molecular weight is 342 g/mol. The number of allylic oxidation sites excluding steroid dienone is 1. The first-order chi connectivity index (χ1) is 12.0. The Morgan fingerprint density at radius 1 is 1.36 bits per heavy atom. The number of ether oxygens (including phenoxy) is 1. The van der Waals surface area contributed by atoms with Crippen LogP contribution in [0.2, 0.25) is 0 Å². The van der Waals surface area contributed by atoms with Gasteiger partial charge in [0.1, 0.15) is 5.75 Å². The number of methoxy groups -OCH3 is 1. The molecule has 1 unspecified atom stereocenters. The third-order valence-corrected chi connectivity index (χ3v) is 5.46. The Kier molecular flexibility index (Phi) is 5.11. The lowest BCUT2D eigenvalue weighted by molar-refractivity contribution is -0.132. The number of aryl methyl sites for hydroxylation is 1. The second-order valence-electron chi connectivity index (χ2n) is 6.99. The van der Waals surface area contributed by atoms with Crippen LogP contribution in [0, 0.1) is 5.41 Å². The number of carbonyl (C=O) groups excluding carboxylic acids is 2. The van der Waals surface area contributed by atoms with E-state index in [1.54, 1.807) is 12.0 Å². The molecule has 0 aromatic heterocycles. The largest absolute Gasteiger partial charge is 0.497 e. The topological polar surface area (TPSA) is 58.6 Å². The van der Waals surface area contributed by atoms with Crippen LogP contribution in [0.25, 0.3) is 0 Å². The second kappa shape index (κ2) is 7.30. The van der Waals surface area contributed by atoms with Crippen LogP contribution >= 0.6 is 0 Å². The molecule has 1 heterocycles. The maximum atomic E-state index is 12.3. The summed E-state index contributed by atoms with van der Waals surface area (Å²) in [6, 6.07) is 7.81. The summed E-state index contributed by atoms with van der Waals surface area (Å²) in [5.41, 5.74) is 2.13. The molecular formula is C20H26N2O3. The van der Waals surface area contributed by atoms with Gasteiger partial charge in [-0.25, -0.2) is 0 Å². The minimum Gasteiger partial charge on any atom is -0.497 e. The summed E-state index contributed by atoms with van der Waals surface area (Å²) in [5.74, 6) is 1.04. The van der Waals surface area contributed by atoms with Crippen molar-refractivity contribution >= 4 is 11.8 Å². The summed E-state index contributed by atoms with van der Waals surface area (Å²) in [4.78, 5) is 26.0. The zero-order valence-electron chi connectivity index (χ0n) is 15.0. The van der Waals surface area contributed by atoms with Gasteiger partial charge in [-0.1, -0.05) is 18.2 Å². The highest BCUT2D eigenvalue weighted by atomic mass is 16.5. The van der Waals surface area contributed by atoms with E-state index in [0.717, 1.165) is 36.3 Å². The molecule has 0 saturated carbocycles. The van der Waals surface area contributed by atoms with E-state index in [4.69, 9.17) is 4.74 Å². The Morgan fingerprint density at radius 3 is 3.00 bits per heavy atom. The van der Waals surface area contributed by atoms with Crippen LogP contribution in [0.5, 0.6) is 5.75 Å². The number of hydrogen-bond donors (Lipinski definition) is 1. The third kappa shape index (κ3) is 3.70. The Labute approximate surface area is 149 Å². The van der Waals surface area contributed by atoms with Crippen molar-refractivity contribution < 1.29 is 14.3 Å². The van der Waals surface area contributed by atoms with Crippen molar-refractivity contribution in [2.24, 2.45) is 5.41 Å². The van der Waals surface area contributed by atoms with Crippen LogP contribution in [-0.2, 0) is 16.0 Å². The van der Waals surface area contributed by atoms with Gasteiger partial charge in [0.2, 0.25) is 11.8 Å². The molecule has 2 aliphatic rings. The van der Waals surface area contributed by atoms with Gasteiger partial charge in [-0.2, -0.15) is 0 Å². The van der Waals surface area contributed by atoms with Crippen molar-refractivity contribution in [2.75, 3.05) is 20.7 Å². The third-order valence-electron chi connectivity index (χ3n) is 5.46. The molecule has 1 atom stereocenters. The quantitative estimate of drug-likeness (QED) is 0.865. The number of carbonyl (C=O) groups is 2. The van der Waals surface area contributed by atoms with Crippen LogP contribution < -0.4 is 10.1 Å². The molecule has 1 saturated heterocycles. The molecule has 3 rings (SSSR count). The van der Waals surface area contributed by atoms with E-state index in [0.29, 0.717) is 25.8 Å². The lowest BCUT2D eigenvalue weighted by atomic mass is 9.77. The van der Waals surface area contributed by atoms with Gasteiger partial charge in [0.25, 0.3) is 0 Å². The molecule has 1 aromatic rings. The zero-order chi connectivity index (χ0) is 17.9. The molecule has 25 heavy (non-hydrogen) atoms. The van der Waals surface area contributed by atoms with Gasteiger partial charge in [-0.05, 0) is 43.4 Å². The van der Waals surface area contributed by atoms with E-state index in [1.807, 2.05) is 31.3 Å². The first kappa shape index (κ1) is 17.5. The fourth-order valence-corrected chi connectivity index (χ4v) is 3.93. The van der Waals surface area contributed by atoms with Crippen LogP contribution in [0.3, 0.4) is 0 Å². The van der Waals surface area contributed by atoms with Crippen LogP contribution in [-0.4, -0.2) is 37.4 Å². The van der Waals surface area contributed by atoms with Crippen LogP contribution in [0.1, 0.15) is 37.7 Å². The molecule has 2 amide bonds. The molecule has 1 aromatic carbocycles. The van der Waals surface area contributed by atoms with Gasteiger partial charge in [0.15, 0.2) is 0 Å². The number of benzene rings is 1. The van der Waals surface area contributed by atoms with Crippen LogP contribution in [0.15, 0.2) is 36.0 Å². The van der Waals surface area contributed by atoms with E-state index in [2.05, 4.69) is 11.4 Å². The fourth-order valence-electron chi connectivity index (χ4n) is 3.93. The lowest BCUT2D eigenvalue weighted by Gasteiger charge is -2.41. The Bertz CT molecular complexity index is 698. The number of piperidine rings is 1. The molecule has 1 N–H and O–H groups in total. The Balaban J connectivity index is 1.53. The van der Waals surface area contributed by atoms with Gasteiger partial charge in [0, 0.05) is 37.5 Å². The second-order valence-corrected chi connectivity index (χ2v) is 6.99. The summed E-state index contributed by atoms with van der Waals surface area (Å²) in [6.07, 6.45) is 6.68. The predicted octanol–water partition coefficient (Wildman–Crippen LogP) is 2.66. The average Bonchev–Trinajstić information content (AvgIpc) is 3.07. The fraction of sp³-hybridized carbons (Fsp3) is 0.500. The molecular weight excluding hydrogens is 316 g/mol. The minimum atomic E-state index is -0.0612. The number of likely N-dealkylation sites (tertiary alicyclic amines) is 1. The van der Waals surface area contributed by atoms with Crippen molar-refractivity contribution in [3.8, 4) is 5.75 Å². The summed E-state index contributed by atoms with van der Waals surface area (Å²) in [5, 5.41) is 3.10. The number of fused-ring (bicyclic) bond motifs is 1. The van der Waals surface area contributed by atoms with E-state index in [1.165, 1.54) is 0 Å². The molecule has 0 bridgehead atoms. The van der Waals surface area contributed by atoms with Gasteiger partial charge in [-0.15, -0.1) is 0 Å². The molecule has 0 radical (unpaired) electrons. The monoisotopic (exact) mass is 342 g/mol. The molecule has 1 aliphatic heterocycles. The van der Waals surface area contributed by atoms with E-state index in [9.17, 15) is 9.59 Å². The molecule has 1 fully saturated rings. The first-order valence-corrected chi connectivity index (χ1v) is 8.91. The molecule has 1 aliphatic carbocycles. The van der Waals surface area contributed by atoms with E-state index < -0.39 is 0 Å². The van der Waals surface area contributed by atoms with Gasteiger partial charge in [0.05, 0.1) is 7.11 Å². The number of amides is 2. The summed E-state index contributed by atoms with van der Waals surface area (Å²) in [7, 11) is 3.49. The maximum absolute atomic E-state index is 12.3. The molecule has 5 heteroatoms. The smallest absolute Gasteiger partial charge is 0.226 e. The van der Waals surface area contributed by atoms with Crippen molar-refractivity contribution in [1.29, 1.82) is 0 Å². The van der Waals surface area contributed by atoms with E-state index >= 15 is 0 Å². The molecule has 134 valence electrons. The minimum absolute atomic E-state index is 0.0583.